The lowest BCUT2D eigenvalue weighted by Crippen LogP contribution is -2.46. The Morgan fingerprint density at radius 2 is 2.13 bits per heavy atom. The third kappa shape index (κ3) is 1.88. The maximum absolute atomic E-state index is 12.3. The lowest BCUT2D eigenvalue weighted by molar-refractivity contribution is -0.140. The zero-order valence-corrected chi connectivity index (χ0v) is 9.11. The van der Waals surface area contributed by atoms with Gasteiger partial charge in [-0.25, -0.2) is 0 Å². The Bertz CT molecular complexity index is 249. The number of aliphatic hydroxyl groups excluding tert-OH is 1. The summed E-state index contributed by atoms with van der Waals surface area (Å²) in [7, 11) is 0. The minimum Gasteiger partial charge on any atom is -0.391 e. The molecule has 1 aliphatic heterocycles. The van der Waals surface area contributed by atoms with Gasteiger partial charge in [0.1, 0.15) is 0 Å². The summed E-state index contributed by atoms with van der Waals surface area (Å²) in [5.74, 6) is 0.180. The summed E-state index contributed by atoms with van der Waals surface area (Å²) in [6.45, 7) is 1.65. The highest BCUT2D eigenvalue weighted by atomic mass is 16.3. The molecule has 1 amide bonds. The van der Waals surface area contributed by atoms with Crippen LogP contribution in [-0.2, 0) is 4.79 Å². The predicted molar refractivity (Wildman–Crippen MR) is 57.2 cm³/mol. The van der Waals surface area contributed by atoms with Crippen LogP contribution >= 0.6 is 0 Å². The summed E-state index contributed by atoms with van der Waals surface area (Å²) in [6, 6.07) is 0. The largest absolute Gasteiger partial charge is 0.391 e. The highest BCUT2D eigenvalue weighted by Gasteiger charge is 2.43. The van der Waals surface area contributed by atoms with E-state index in [9.17, 15) is 9.90 Å². The van der Waals surface area contributed by atoms with E-state index in [1.807, 2.05) is 0 Å². The Kier molecular flexibility index (Phi) is 2.98. The number of aliphatic hydroxyl groups is 1. The van der Waals surface area contributed by atoms with Crippen molar-refractivity contribution in [3.05, 3.63) is 0 Å². The molecule has 0 unspecified atom stereocenters. The first-order valence-electron chi connectivity index (χ1n) is 5.85. The number of amides is 1. The van der Waals surface area contributed by atoms with Gasteiger partial charge in [-0.1, -0.05) is 12.8 Å². The average molecular weight is 212 g/mol. The molecular weight excluding hydrogens is 192 g/mol. The average Bonchev–Trinajstić information content (AvgIpc) is 2.86. The maximum atomic E-state index is 12.3. The molecule has 2 fully saturated rings. The molecule has 1 atom stereocenters. The molecule has 1 saturated carbocycles. The van der Waals surface area contributed by atoms with Crippen LogP contribution in [0, 0.1) is 5.41 Å². The molecule has 0 spiro atoms. The zero-order chi connectivity index (χ0) is 10.9. The molecule has 0 aromatic rings. The first kappa shape index (κ1) is 10.9. The van der Waals surface area contributed by atoms with Crippen LogP contribution in [0.5, 0.6) is 0 Å². The van der Waals surface area contributed by atoms with Gasteiger partial charge in [0.05, 0.1) is 11.5 Å². The second-order valence-corrected chi connectivity index (χ2v) is 4.89. The molecule has 1 aliphatic carbocycles. The Hall–Kier alpha value is -0.610. The second kappa shape index (κ2) is 4.10. The van der Waals surface area contributed by atoms with Gasteiger partial charge in [-0.2, -0.15) is 0 Å². The first-order valence-corrected chi connectivity index (χ1v) is 5.85. The number of hydrogen-bond acceptors (Lipinski definition) is 3. The van der Waals surface area contributed by atoms with Crippen molar-refractivity contribution in [3.63, 3.8) is 0 Å². The van der Waals surface area contributed by atoms with E-state index in [1.165, 1.54) is 0 Å². The van der Waals surface area contributed by atoms with Crippen molar-refractivity contribution in [1.29, 1.82) is 0 Å². The summed E-state index contributed by atoms with van der Waals surface area (Å²) in [5, 5.41) is 9.42. The minimum absolute atomic E-state index is 0.180. The van der Waals surface area contributed by atoms with Crippen molar-refractivity contribution in [3.8, 4) is 0 Å². The monoisotopic (exact) mass is 212 g/mol. The Balaban J connectivity index is 2.05. The topological polar surface area (TPSA) is 66.6 Å². The molecule has 0 aromatic carbocycles. The van der Waals surface area contributed by atoms with Crippen LogP contribution in [0.3, 0.4) is 0 Å². The summed E-state index contributed by atoms with van der Waals surface area (Å²) in [6.07, 6.45) is 4.46. The lowest BCUT2D eigenvalue weighted by atomic mass is 9.85. The van der Waals surface area contributed by atoms with Crippen molar-refractivity contribution < 1.29 is 9.90 Å². The quantitative estimate of drug-likeness (QED) is 0.682. The lowest BCUT2D eigenvalue weighted by Gasteiger charge is -2.30. The van der Waals surface area contributed by atoms with Crippen molar-refractivity contribution in [2.24, 2.45) is 11.1 Å². The maximum Gasteiger partial charge on any atom is 0.230 e. The Morgan fingerprint density at radius 1 is 1.47 bits per heavy atom. The van der Waals surface area contributed by atoms with Gasteiger partial charge < -0.3 is 15.7 Å². The number of β-amino-alcohol motifs (C(OH)–C–C–N with tert-alkyl or cyclic N) is 1. The molecule has 4 nitrogen and oxygen atoms in total. The molecule has 1 heterocycles. The van der Waals surface area contributed by atoms with E-state index in [0.29, 0.717) is 26.1 Å². The molecule has 0 bridgehead atoms. The molecule has 4 heteroatoms. The van der Waals surface area contributed by atoms with Crippen LogP contribution < -0.4 is 5.73 Å². The Labute approximate surface area is 90.4 Å². The number of nitrogens with zero attached hydrogens (tertiary/aromatic N) is 1. The highest BCUT2D eigenvalue weighted by molar-refractivity contribution is 5.83. The molecular formula is C11H20N2O2. The third-order valence-electron chi connectivity index (χ3n) is 3.86. The molecule has 1 saturated heterocycles. The standard InChI is InChI=1S/C11H20N2O2/c12-8-11(4-1-2-5-11)10(15)13-6-3-9(14)7-13/h9,14H,1-8,12H2/t9-/m0/s1. The zero-order valence-electron chi connectivity index (χ0n) is 9.11. The summed E-state index contributed by atoms with van der Waals surface area (Å²) in [4.78, 5) is 14.1. The molecule has 2 rings (SSSR count). The minimum atomic E-state index is -0.329. The van der Waals surface area contributed by atoms with Crippen LogP contribution in [0.25, 0.3) is 0 Å². The van der Waals surface area contributed by atoms with E-state index in [2.05, 4.69) is 0 Å². The van der Waals surface area contributed by atoms with E-state index in [1.54, 1.807) is 4.90 Å². The molecule has 86 valence electrons. The van der Waals surface area contributed by atoms with Gasteiger partial charge in [0.2, 0.25) is 5.91 Å². The van der Waals surface area contributed by atoms with E-state index in [4.69, 9.17) is 5.73 Å². The smallest absolute Gasteiger partial charge is 0.230 e. The fourth-order valence-corrected chi connectivity index (χ4v) is 2.82. The highest BCUT2D eigenvalue weighted by Crippen LogP contribution is 2.39. The Morgan fingerprint density at radius 3 is 2.60 bits per heavy atom. The van der Waals surface area contributed by atoms with Gasteiger partial charge in [0.25, 0.3) is 0 Å². The van der Waals surface area contributed by atoms with Crippen LogP contribution in [0.4, 0.5) is 0 Å². The number of rotatable bonds is 2. The summed E-state index contributed by atoms with van der Waals surface area (Å²) < 4.78 is 0. The van der Waals surface area contributed by atoms with Gasteiger partial charge in [-0.05, 0) is 19.3 Å². The molecule has 15 heavy (non-hydrogen) atoms. The van der Waals surface area contributed by atoms with E-state index in [-0.39, 0.29) is 17.4 Å². The number of carbonyl (C=O) groups is 1. The van der Waals surface area contributed by atoms with Crippen LogP contribution in [0.1, 0.15) is 32.1 Å². The van der Waals surface area contributed by atoms with Crippen LogP contribution in [-0.4, -0.2) is 41.7 Å². The summed E-state index contributed by atoms with van der Waals surface area (Å²) >= 11 is 0. The first-order chi connectivity index (χ1) is 7.18. The fraction of sp³-hybridized carbons (Fsp3) is 0.909. The van der Waals surface area contributed by atoms with Crippen LogP contribution in [0.2, 0.25) is 0 Å². The van der Waals surface area contributed by atoms with Crippen molar-refractivity contribution in [2.45, 2.75) is 38.2 Å². The van der Waals surface area contributed by atoms with E-state index >= 15 is 0 Å². The van der Waals surface area contributed by atoms with Crippen LogP contribution in [0.15, 0.2) is 0 Å². The van der Waals surface area contributed by atoms with Crippen molar-refractivity contribution >= 4 is 5.91 Å². The molecule has 0 radical (unpaired) electrons. The summed E-state index contributed by atoms with van der Waals surface area (Å²) in [5.41, 5.74) is 5.46. The molecule has 3 N–H and O–H groups in total. The predicted octanol–water partition coefficient (Wildman–Crippen LogP) is 0.0987. The molecule has 0 aromatic heterocycles. The SMILES string of the molecule is NCC1(C(=O)N2CC[C@H](O)C2)CCCC1. The van der Waals surface area contributed by atoms with Gasteiger partial charge in [-0.15, -0.1) is 0 Å². The third-order valence-corrected chi connectivity index (χ3v) is 3.86. The fourth-order valence-electron chi connectivity index (χ4n) is 2.82. The second-order valence-electron chi connectivity index (χ2n) is 4.89. The molecule has 2 aliphatic rings. The number of hydrogen-bond donors (Lipinski definition) is 2. The van der Waals surface area contributed by atoms with Gasteiger partial charge in [-0.3, -0.25) is 4.79 Å². The number of nitrogens with two attached hydrogens (primary N) is 1. The number of likely N-dealkylation sites (tertiary alicyclic amines) is 1. The van der Waals surface area contributed by atoms with E-state index in [0.717, 1.165) is 25.7 Å². The normalized spacial score (nSPS) is 29.7. The van der Waals surface area contributed by atoms with Gasteiger partial charge in [0.15, 0.2) is 0 Å². The van der Waals surface area contributed by atoms with Crippen molar-refractivity contribution in [1.82, 2.24) is 4.90 Å². The van der Waals surface area contributed by atoms with Crippen molar-refractivity contribution in [2.75, 3.05) is 19.6 Å². The van der Waals surface area contributed by atoms with Gasteiger partial charge in [0, 0.05) is 19.6 Å². The van der Waals surface area contributed by atoms with Gasteiger partial charge >= 0.3 is 0 Å². The van der Waals surface area contributed by atoms with E-state index < -0.39 is 0 Å². The number of carbonyl (C=O) groups excluding carboxylic acids is 1.